The van der Waals surface area contributed by atoms with Gasteiger partial charge in [0.1, 0.15) is 11.9 Å². The molecule has 5 heteroatoms. The van der Waals surface area contributed by atoms with E-state index in [0.717, 1.165) is 24.8 Å². The normalized spacial score (nSPS) is 23.9. The Morgan fingerprint density at radius 2 is 1.77 bits per heavy atom. The number of rotatable bonds is 4. The summed E-state index contributed by atoms with van der Waals surface area (Å²) in [6.45, 7) is 0.334. The number of hydrogen-bond acceptors (Lipinski definition) is 2. The van der Waals surface area contributed by atoms with Gasteiger partial charge in [0.2, 0.25) is 5.91 Å². The zero-order chi connectivity index (χ0) is 18.1. The highest BCUT2D eigenvalue weighted by atomic mass is 19.1. The fraction of sp³-hybridized carbons (Fsp3) is 0.333. The SMILES string of the molecule is O=C(NCc1ccc(F)cc1)[C@H]1[C@H]2CC[C@@H](C2)N1C(=O)c1ccccc1. The first-order chi connectivity index (χ1) is 12.6. The molecule has 1 saturated heterocycles. The van der Waals surface area contributed by atoms with Crippen LogP contribution in [0.2, 0.25) is 0 Å². The van der Waals surface area contributed by atoms with Gasteiger partial charge in [-0.25, -0.2) is 4.39 Å². The van der Waals surface area contributed by atoms with Gasteiger partial charge >= 0.3 is 0 Å². The summed E-state index contributed by atoms with van der Waals surface area (Å²) in [4.78, 5) is 27.6. The van der Waals surface area contributed by atoms with Crippen LogP contribution in [-0.2, 0) is 11.3 Å². The highest BCUT2D eigenvalue weighted by molar-refractivity contribution is 5.98. The van der Waals surface area contributed by atoms with Crippen molar-refractivity contribution >= 4 is 11.8 Å². The lowest BCUT2D eigenvalue weighted by atomic mass is 9.97. The van der Waals surface area contributed by atoms with Crippen LogP contribution >= 0.6 is 0 Å². The van der Waals surface area contributed by atoms with Gasteiger partial charge in [-0.3, -0.25) is 9.59 Å². The van der Waals surface area contributed by atoms with Gasteiger partial charge in [0.25, 0.3) is 5.91 Å². The van der Waals surface area contributed by atoms with Crippen LogP contribution in [-0.4, -0.2) is 28.8 Å². The summed E-state index contributed by atoms with van der Waals surface area (Å²) in [5, 5.41) is 2.93. The second-order valence-electron chi connectivity index (χ2n) is 7.09. The lowest BCUT2D eigenvalue weighted by molar-refractivity contribution is -0.127. The predicted molar refractivity (Wildman–Crippen MR) is 95.8 cm³/mol. The Balaban J connectivity index is 1.49. The number of amides is 2. The minimum Gasteiger partial charge on any atom is -0.350 e. The van der Waals surface area contributed by atoms with E-state index in [1.54, 1.807) is 29.2 Å². The van der Waals surface area contributed by atoms with Crippen LogP contribution < -0.4 is 5.32 Å². The first-order valence-corrected chi connectivity index (χ1v) is 9.03. The van der Waals surface area contributed by atoms with Gasteiger partial charge in [-0.05, 0) is 55.0 Å². The minimum atomic E-state index is -0.415. The van der Waals surface area contributed by atoms with Crippen molar-refractivity contribution in [3.8, 4) is 0 Å². The van der Waals surface area contributed by atoms with Gasteiger partial charge in [0.15, 0.2) is 0 Å². The molecule has 2 bridgehead atoms. The zero-order valence-corrected chi connectivity index (χ0v) is 14.4. The second-order valence-corrected chi connectivity index (χ2v) is 7.09. The third kappa shape index (κ3) is 3.09. The summed E-state index contributed by atoms with van der Waals surface area (Å²) in [6, 6.07) is 14.9. The largest absolute Gasteiger partial charge is 0.350 e. The number of fused-ring (bicyclic) bond motifs is 2. The van der Waals surface area contributed by atoms with E-state index < -0.39 is 6.04 Å². The number of nitrogens with zero attached hydrogens (tertiary/aromatic N) is 1. The summed E-state index contributed by atoms with van der Waals surface area (Å²) >= 11 is 0. The van der Waals surface area contributed by atoms with Gasteiger partial charge in [-0.15, -0.1) is 0 Å². The molecule has 1 saturated carbocycles. The van der Waals surface area contributed by atoms with Crippen LogP contribution in [0.15, 0.2) is 54.6 Å². The molecule has 26 heavy (non-hydrogen) atoms. The number of carbonyl (C=O) groups excluding carboxylic acids is 2. The van der Waals surface area contributed by atoms with Gasteiger partial charge in [0, 0.05) is 18.2 Å². The molecule has 1 aliphatic heterocycles. The molecule has 0 radical (unpaired) electrons. The summed E-state index contributed by atoms with van der Waals surface area (Å²) < 4.78 is 13.0. The number of piperidine rings is 1. The van der Waals surface area contributed by atoms with Crippen LogP contribution in [0.1, 0.15) is 35.2 Å². The molecule has 2 fully saturated rings. The molecular weight excluding hydrogens is 331 g/mol. The third-order valence-corrected chi connectivity index (χ3v) is 5.49. The summed E-state index contributed by atoms with van der Waals surface area (Å²) in [5.74, 6) is -0.265. The smallest absolute Gasteiger partial charge is 0.254 e. The monoisotopic (exact) mass is 352 g/mol. The maximum absolute atomic E-state index is 13.0. The molecule has 2 aromatic carbocycles. The van der Waals surface area contributed by atoms with Gasteiger partial charge in [-0.1, -0.05) is 30.3 Å². The molecule has 1 aliphatic carbocycles. The Kier molecular flexibility index (Phi) is 4.45. The minimum absolute atomic E-state index is 0.0697. The fourth-order valence-electron chi connectivity index (χ4n) is 4.24. The maximum Gasteiger partial charge on any atom is 0.254 e. The van der Waals surface area contributed by atoms with Crippen molar-refractivity contribution in [1.82, 2.24) is 10.2 Å². The number of benzene rings is 2. The molecule has 1 N–H and O–H groups in total. The van der Waals surface area contributed by atoms with Crippen molar-refractivity contribution in [2.45, 2.75) is 37.9 Å². The van der Waals surface area contributed by atoms with Crippen molar-refractivity contribution in [3.05, 3.63) is 71.5 Å². The van der Waals surface area contributed by atoms with Gasteiger partial charge < -0.3 is 10.2 Å². The van der Waals surface area contributed by atoms with E-state index in [1.807, 2.05) is 18.2 Å². The molecule has 4 rings (SSSR count). The number of carbonyl (C=O) groups is 2. The van der Waals surface area contributed by atoms with Gasteiger partial charge in [0.05, 0.1) is 0 Å². The third-order valence-electron chi connectivity index (χ3n) is 5.49. The van der Waals surface area contributed by atoms with E-state index in [4.69, 9.17) is 0 Å². The number of nitrogens with one attached hydrogen (secondary N) is 1. The predicted octanol–water partition coefficient (Wildman–Crippen LogP) is 3.14. The average molecular weight is 352 g/mol. The van der Waals surface area contributed by atoms with Crippen molar-refractivity contribution in [2.24, 2.45) is 5.92 Å². The summed E-state index contributed by atoms with van der Waals surface area (Å²) in [6.07, 6.45) is 2.84. The molecule has 0 unspecified atom stereocenters. The van der Waals surface area contributed by atoms with Gasteiger partial charge in [-0.2, -0.15) is 0 Å². The number of likely N-dealkylation sites (tertiary alicyclic amines) is 1. The Labute approximate surface area is 152 Å². The van der Waals surface area contributed by atoms with Crippen LogP contribution in [0.3, 0.4) is 0 Å². The molecule has 2 aliphatic rings. The van der Waals surface area contributed by atoms with Crippen LogP contribution in [0.4, 0.5) is 4.39 Å². The molecular formula is C21H21FN2O2. The van der Waals surface area contributed by atoms with Crippen LogP contribution in [0.5, 0.6) is 0 Å². The lowest BCUT2D eigenvalue weighted by Gasteiger charge is -2.34. The van der Waals surface area contributed by atoms with E-state index in [2.05, 4.69) is 5.32 Å². The van der Waals surface area contributed by atoms with Crippen LogP contribution in [0, 0.1) is 11.7 Å². The van der Waals surface area contributed by atoms with Crippen molar-refractivity contribution < 1.29 is 14.0 Å². The van der Waals surface area contributed by atoms with Crippen molar-refractivity contribution in [2.75, 3.05) is 0 Å². The van der Waals surface area contributed by atoms with E-state index in [1.165, 1.54) is 12.1 Å². The van der Waals surface area contributed by atoms with E-state index in [9.17, 15) is 14.0 Å². The summed E-state index contributed by atoms with van der Waals surface area (Å²) in [7, 11) is 0. The fourth-order valence-corrected chi connectivity index (χ4v) is 4.24. The lowest BCUT2D eigenvalue weighted by Crippen LogP contribution is -2.52. The quantitative estimate of drug-likeness (QED) is 0.919. The molecule has 134 valence electrons. The van der Waals surface area contributed by atoms with Crippen molar-refractivity contribution in [3.63, 3.8) is 0 Å². The van der Waals surface area contributed by atoms with E-state index in [0.29, 0.717) is 12.1 Å². The average Bonchev–Trinajstić information content (AvgIpc) is 3.29. The number of halogens is 1. The first kappa shape index (κ1) is 16.8. The zero-order valence-electron chi connectivity index (χ0n) is 14.4. The molecule has 4 nitrogen and oxygen atoms in total. The van der Waals surface area contributed by atoms with Crippen molar-refractivity contribution in [1.29, 1.82) is 0 Å². The Bertz CT molecular complexity index is 807. The van der Waals surface area contributed by atoms with E-state index >= 15 is 0 Å². The standard InChI is InChI=1S/C21H21FN2O2/c22-17-9-6-14(7-10-17)13-23-20(25)19-16-8-11-18(12-16)24(19)21(26)15-4-2-1-3-5-15/h1-7,9-10,16,18-19H,8,11-13H2,(H,23,25)/t16-,18-,19+/m0/s1. The highest BCUT2D eigenvalue weighted by Crippen LogP contribution is 2.43. The van der Waals surface area contributed by atoms with Crippen LogP contribution in [0.25, 0.3) is 0 Å². The Morgan fingerprint density at radius 3 is 2.50 bits per heavy atom. The topological polar surface area (TPSA) is 49.4 Å². The second kappa shape index (κ2) is 6.90. The molecule has 2 aromatic rings. The highest BCUT2D eigenvalue weighted by Gasteiger charge is 2.51. The Morgan fingerprint density at radius 1 is 1.04 bits per heavy atom. The Hall–Kier alpha value is -2.69. The first-order valence-electron chi connectivity index (χ1n) is 9.03. The molecule has 2 amide bonds. The molecule has 0 spiro atoms. The molecule has 0 aromatic heterocycles. The summed E-state index contributed by atoms with van der Waals surface area (Å²) in [5.41, 5.74) is 1.46. The number of hydrogen-bond donors (Lipinski definition) is 1. The van der Waals surface area contributed by atoms with E-state index in [-0.39, 0.29) is 29.6 Å². The maximum atomic E-state index is 13.0. The molecule has 1 heterocycles. The molecule has 3 atom stereocenters.